The van der Waals surface area contributed by atoms with Gasteiger partial charge in [-0.3, -0.25) is 0 Å². The van der Waals surface area contributed by atoms with Gasteiger partial charge in [0.25, 0.3) is 0 Å². The summed E-state index contributed by atoms with van der Waals surface area (Å²) in [4.78, 5) is 4.40. The average Bonchev–Trinajstić information content (AvgIpc) is 3.17. The van der Waals surface area contributed by atoms with E-state index in [1.54, 1.807) is 7.11 Å². The van der Waals surface area contributed by atoms with Crippen molar-refractivity contribution in [3.63, 3.8) is 0 Å². The van der Waals surface area contributed by atoms with E-state index in [-0.39, 0.29) is 9.84 Å². The summed E-state index contributed by atoms with van der Waals surface area (Å²) in [6.45, 7) is 3.16. The minimum atomic E-state index is -1.35. The molecule has 0 radical (unpaired) electrons. The molecule has 3 aliphatic rings. The molecule has 4 unspecified atom stereocenters. The van der Waals surface area contributed by atoms with Crippen LogP contribution in [0.5, 0.6) is 5.75 Å². The number of fused-ring (bicyclic) bond motifs is 2. The van der Waals surface area contributed by atoms with Crippen LogP contribution in [0.3, 0.4) is 0 Å². The molecule has 0 spiro atoms. The predicted octanol–water partition coefficient (Wildman–Crippen LogP) is 3.22. The normalized spacial score (nSPS) is 23.7. The number of halogens is 2. The topological polar surface area (TPSA) is 60.7 Å². The Kier molecular flexibility index (Phi) is 7.87. The Morgan fingerprint density at radius 2 is 1.83 bits per heavy atom. The number of hydrogen-bond donors (Lipinski definition) is 1. The Bertz CT molecular complexity index is 1540. The summed E-state index contributed by atoms with van der Waals surface area (Å²) < 4.78 is 7.68. The molecule has 3 aromatic rings. The molecule has 0 bridgehead atoms. The Balaban J connectivity index is 1.57. The van der Waals surface area contributed by atoms with Crippen molar-refractivity contribution in [1.82, 2.24) is 4.90 Å². The third kappa shape index (κ3) is 5.06. The van der Waals surface area contributed by atoms with E-state index < -0.39 is 26.8 Å². The van der Waals surface area contributed by atoms with Gasteiger partial charge < -0.3 is 0 Å². The van der Waals surface area contributed by atoms with Crippen molar-refractivity contribution in [2.24, 2.45) is 16.1 Å². The molecule has 6 rings (SSSR count). The summed E-state index contributed by atoms with van der Waals surface area (Å²) in [7, 11) is 5.83. The first-order chi connectivity index (χ1) is 19.8. The number of methoxy groups -OCH3 is 1. The van der Waals surface area contributed by atoms with E-state index in [4.69, 9.17) is 16.3 Å². The number of allylic oxidation sites excluding steroid dienone is 1. The van der Waals surface area contributed by atoms with E-state index >= 15 is 0 Å². The number of aliphatic hydroxyl groups is 1. The van der Waals surface area contributed by atoms with Gasteiger partial charge in [-0.2, -0.15) is 0 Å². The Labute approximate surface area is 257 Å². The van der Waals surface area contributed by atoms with E-state index in [0.717, 1.165) is 64.1 Å². The summed E-state index contributed by atoms with van der Waals surface area (Å²) in [5.41, 5.74) is 4.62. The molecule has 214 valence electrons. The molecule has 0 amide bonds. The average molecular weight is 682 g/mol. The van der Waals surface area contributed by atoms with Crippen LogP contribution >= 0.6 is 11.6 Å². The number of likely N-dealkylation sites (N-methyl/N-ethyl adjacent to an activating group) is 1. The number of anilines is 1. The van der Waals surface area contributed by atoms with Gasteiger partial charge in [0.05, 0.1) is 0 Å². The Hall–Kier alpha value is -2.88. The number of hydrogen-bond acceptors (Lipinski definition) is 6. The second kappa shape index (κ2) is 11.4. The van der Waals surface area contributed by atoms with Gasteiger partial charge in [0.2, 0.25) is 0 Å². The molecule has 0 aliphatic carbocycles. The van der Waals surface area contributed by atoms with E-state index in [2.05, 4.69) is 77.4 Å². The van der Waals surface area contributed by atoms with Crippen LogP contribution in [0.2, 0.25) is 5.02 Å². The molecule has 0 saturated heterocycles. The van der Waals surface area contributed by atoms with Gasteiger partial charge in [0, 0.05) is 0 Å². The summed E-state index contributed by atoms with van der Waals surface area (Å²) in [6, 6.07) is 22.4. The summed E-state index contributed by atoms with van der Waals surface area (Å²) >= 11 is 6.13. The maximum atomic E-state index is 13.0. The molecule has 6 nitrogen and oxygen atoms in total. The van der Waals surface area contributed by atoms with E-state index in [1.165, 1.54) is 5.56 Å². The molecular formula is C33H35ClIN4O2-. The number of ether oxygens (including phenoxy) is 1. The third-order valence-corrected chi connectivity index (χ3v) is 11.4. The molecule has 1 N–H and O–H groups in total. The van der Waals surface area contributed by atoms with Crippen molar-refractivity contribution in [3.8, 4) is 5.75 Å². The molecule has 8 heteroatoms. The molecule has 0 saturated carbocycles. The van der Waals surface area contributed by atoms with Gasteiger partial charge in [0.1, 0.15) is 0 Å². The fourth-order valence-electron chi connectivity index (χ4n) is 6.26. The first kappa shape index (κ1) is 28.2. The number of amidine groups is 1. The Morgan fingerprint density at radius 3 is 2.59 bits per heavy atom. The van der Waals surface area contributed by atoms with E-state index in [9.17, 15) is 5.11 Å². The molecule has 0 aromatic heterocycles. The maximum absolute atomic E-state index is 13.0. The predicted molar refractivity (Wildman–Crippen MR) is 163 cm³/mol. The standard InChI is InChI=1S/C33H35ClIN4O2/c1-21-8-15-29(38(2)17-16-21)33(40,23-9-12-26(41-4)13-10-23)24-11-14-28-27(19-24)30(22-6-5-7-25(34)18-22)31-32(39(28)3)37-36-20-35-31/h5-7,9-15,18-21,30-31,40H,8,16-17H2,1-4H3/q-1. The zero-order chi connectivity index (χ0) is 28.7. The molecule has 3 aromatic carbocycles. The number of nitrogens with zero attached hydrogens (tertiary/aromatic N) is 4. The second-order valence-electron chi connectivity index (χ2n) is 11.1. The SMILES string of the molecule is COc1ccc(C(O)(C2=CCC(C)CCN2C)c2ccc3c(c2)C(c2cccc(Cl)c2)C2[I-]C=NN=C2N3C)cc1. The quantitative estimate of drug-likeness (QED) is 0.332. The van der Waals surface area contributed by atoms with Crippen LogP contribution in [0.15, 0.2) is 88.7 Å². The number of rotatable bonds is 5. The van der Waals surface area contributed by atoms with E-state index in [1.807, 2.05) is 40.6 Å². The van der Waals surface area contributed by atoms with Gasteiger partial charge in [-0.15, -0.1) is 0 Å². The minimum absolute atomic E-state index is 0.0548. The molecule has 3 aliphatic heterocycles. The van der Waals surface area contributed by atoms with Crippen molar-refractivity contribution >= 4 is 27.3 Å². The van der Waals surface area contributed by atoms with Crippen molar-refractivity contribution in [2.45, 2.75) is 35.2 Å². The molecule has 3 heterocycles. The monoisotopic (exact) mass is 681 g/mol. The first-order valence-corrected chi connectivity index (χ1v) is 16.8. The summed E-state index contributed by atoms with van der Waals surface area (Å²) in [5.74, 6) is 2.36. The van der Waals surface area contributed by atoms with Crippen molar-refractivity contribution < 1.29 is 31.0 Å². The van der Waals surface area contributed by atoms with Crippen LogP contribution in [-0.2, 0) is 5.60 Å². The van der Waals surface area contributed by atoms with Crippen LogP contribution in [0.25, 0.3) is 0 Å². The van der Waals surface area contributed by atoms with Gasteiger partial charge in [0.15, 0.2) is 0 Å². The van der Waals surface area contributed by atoms with Crippen molar-refractivity contribution in [3.05, 3.63) is 106 Å². The zero-order valence-electron chi connectivity index (χ0n) is 23.8. The Morgan fingerprint density at radius 1 is 1.05 bits per heavy atom. The van der Waals surface area contributed by atoms with Crippen LogP contribution in [0, 0.1) is 5.92 Å². The fraction of sp³-hybridized carbons (Fsp3) is 0.333. The van der Waals surface area contributed by atoms with Gasteiger partial charge in [-0.1, -0.05) is 0 Å². The van der Waals surface area contributed by atoms with Crippen molar-refractivity contribution in [2.75, 3.05) is 32.6 Å². The number of benzene rings is 3. The molecule has 41 heavy (non-hydrogen) atoms. The van der Waals surface area contributed by atoms with Gasteiger partial charge in [-0.05, 0) is 0 Å². The third-order valence-electron chi connectivity index (χ3n) is 8.59. The molecular weight excluding hydrogens is 647 g/mol. The van der Waals surface area contributed by atoms with Gasteiger partial charge in [-0.25, -0.2) is 0 Å². The van der Waals surface area contributed by atoms with Crippen LogP contribution in [0.1, 0.15) is 47.9 Å². The number of alkyl halides is 1. The fourth-order valence-corrected chi connectivity index (χ4v) is 9.15. The summed E-state index contributed by atoms with van der Waals surface area (Å²) in [5, 5.41) is 22.6. The summed E-state index contributed by atoms with van der Waals surface area (Å²) in [6.07, 6.45) is 4.23. The molecule has 0 fully saturated rings. The zero-order valence-corrected chi connectivity index (χ0v) is 26.7. The molecule has 4 atom stereocenters. The van der Waals surface area contributed by atoms with Crippen LogP contribution < -0.4 is 30.8 Å². The van der Waals surface area contributed by atoms with E-state index in [0.29, 0.717) is 5.92 Å². The van der Waals surface area contributed by atoms with Gasteiger partial charge >= 0.3 is 259 Å². The first-order valence-electron chi connectivity index (χ1n) is 13.9. The second-order valence-corrected chi connectivity index (χ2v) is 14.2. The van der Waals surface area contributed by atoms with Crippen LogP contribution in [-0.4, -0.2) is 51.7 Å². The van der Waals surface area contributed by atoms with Crippen molar-refractivity contribution in [1.29, 1.82) is 0 Å². The van der Waals surface area contributed by atoms with Crippen LogP contribution in [0.4, 0.5) is 5.69 Å².